The zero-order valence-corrected chi connectivity index (χ0v) is 14.7. The van der Waals surface area contributed by atoms with Crippen LogP contribution in [0.25, 0.3) is 0 Å². The Balaban J connectivity index is 2.08. The Morgan fingerprint density at radius 2 is 1.85 bits per heavy atom. The lowest BCUT2D eigenvalue weighted by Gasteiger charge is -2.11. The van der Waals surface area contributed by atoms with E-state index in [4.69, 9.17) is 0 Å². The number of esters is 1. The maximum atomic E-state index is 12.1. The summed E-state index contributed by atoms with van der Waals surface area (Å²) in [5, 5.41) is 16.5. The highest BCUT2D eigenvalue weighted by Gasteiger charge is 2.16. The number of carbonyl (C=O) groups excluding carboxylic acids is 2. The van der Waals surface area contributed by atoms with Gasteiger partial charge in [0, 0.05) is 11.8 Å². The number of methoxy groups -OCH3 is 1. The molecule has 0 aliphatic heterocycles. The Morgan fingerprint density at radius 1 is 1.12 bits per heavy atom. The first-order valence-corrected chi connectivity index (χ1v) is 7.79. The molecule has 8 nitrogen and oxygen atoms in total. The van der Waals surface area contributed by atoms with Crippen LogP contribution in [0.3, 0.4) is 0 Å². The fourth-order valence-corrected chi connectivity index (χ4v) is 2.33. The average Bonchev–Trinajstić information content (AvgIpc) is 2.61. The van der Waals surface area contributed by atoms with Crippen LogP contribution in [0.1, 0.15) is 21.5 Å². The van der Waals surface area contributed by atoms with Gasteiger partial charge in [0.1, 0.15) is 5.69 Å². The number of aryl methyl sites for hydroxylation is 2. The average molecular weight is 357 g/mol. The Morgan fingerprint density at radius 3 is 2.50 bits per heavy atom. The molecular weight excluding hydrogens is 338 g/mol. The summed E-state index contributed by atoms with van der Waals surface area (Å²) in [6, 6.07) is 9.52. The molecule has 0 fully saturated rings. The zero-order chi connectivity index (χ0) is 19.3. The lowest BCUT2D eigenvalue weighted by atomic mass is 10.1. The fraction of sp³-hybridized carbons (Fsp3) is 0.222. The summed E-state index contributed by atoms with van der Waals surface area (Å²) in [5.41, 5.74) is 2.49. The van der Waals surface area contributed by atoms with E-state index in [9.17, 15) is 19.7 Å². The number of hydrogen-bond acceptors (Lipinski definition) is 6. The summed E-state index contributed by atoms with van der Waals surface area (Å²) in [5.74, 6) is -0.924. The summed E-state index contributed by atoms with van der Waals surface area (Å²) < 4.78 is 4.67. The second kappa shape index (κ2) is 8.11. The molecule has 0 heterocycles. The number of hydrogen-bond donors (Lipinski definition) is 2. The number of amides is 1. The van der Waals surface area contributed by atoms with Crippen molar-refractivity contribution in [2.75, 3.05) is 24.3 Å². The molecule has 0 aromatic heterocycles. The molecule has 2 rings (SSSR count). The van der Waals surface area contributed by atoms with Gasteiger partial charge in [-0.1, -0.05) is 12.1 Å². The highest BCUT2D eigenvalue weighted by Crippen LogP contribution is 2.25. The van der Waals surface area contributed by atoms with Gasteiger partial charge in [-0.3, -0.25) is 14.9 Å². The van der Waals surface area contributed by atoms with Crippen LogP contribution in [0.2, 0.25) is 0 Å². The van der Waals surface area contributed by atoms with Gasteiger partial charge in [-0.2, -0.15) is 0 Å². The minimum absolute atomic E-state index is 0.115. The van der Waals surface area contributed by atoms with Gasteiger partial charge >= 0.3 is 5.97 Å². The van der Waals surface area contributed by atoms with Gasteiger partial charge in [-0.15, -0.1) is 0 Å². The quantitative estimate of drug-likeness (QED) is 0.467. The van der Waals surface area contributed by atoms with Crippen molar-refractivity contribution >= 4 is 28.9 Å². The van der Waals surface area contributed by atoms with Gasteiger partial charge in [0.15, 0.2) is 0 Å². The molecule has 0 atom stereocenters. The number of nitrogens with zero attached hydrogens (tertiary/aromatic N) is 1. The van der Waals surface area contributed by atoms with Crippen LogP contribution in [0, 0.1) is 24.0 Å². The van der Waals surface area contributed by atoms with Crippen molar-refractivity contribution in [3.8, 4) is 0 Å². The van der Waals surface area contributed by atoms with Gasteiger partial charge in [0.2, 0.25) is 5.91 Å². The lowest BCUT2D eigenvalue weighted by molar-refractivity contribution is -0.384. The van der Waals surface area contributed by atoms with Crippen LogP contribution < -0.4 is 10.6 Å². The molecule has 0 spiro atoms. The molecule has 26 heavy (non-hydrogen) atoms. The first-order valence-electron chi connectivity index (χ1n) is 7.79. The third kappa shape index (κ3) is 4.56. The van der Waals surface area contributed by atoms with Crippen molar-refractivity contribution in [3.05, 3.63) is 63.2 Å². The Labute approximate surface area is 150 Å². The third-order valence-corrected chi connectivity index (χ3v) is 3.72. The van der Waals surface area contributed by atoms with E-state index in [2.05, 4.69) is 15.4 Å². The monoisotopic (exact) mass is 357 g/mol. The van der Waals surface area contributed by atoms with Crippen molar-refractivity contribution < 1.29 is 19.2 Å². The number of anilines is 2. The SMILES string of the molecule is COC(=O)c1ccc(C)c(NCC(=O)Nc2ccc(C)cc2[N+](=O)[O-])c1. The van der Waals surface area contributed by atoms with Crippen molar-refractivity contribution in [2.45, 2.75) is 13.8 Å². The second-order valence-electron chi connectivity index (χ2n) is 5.70. The molecular formula is C18H19N3O5. The molecule has 0 saturated carbocycles. The predicted octanol–water partition coefficient (Wildman–Crippen LogP) is 3.05. The van der Waals surface area contributed by atoms with Gasteiger partial charge in [-0.25, -0.2) is 4.79 Å². The van der Waals surface area contributed by atoms with Crippen LogP contribution in [0.15, 0.2) is 36.4 Å². The van der Waals surface area contributed by atoms with E-state index >= 15 is 0 Å². The van der Waals surface area contributed by atoms with E-state index < -0.39 is 16.8 Å². The minimum atomic E-state index is -0.542. The lowest BCUT2D eigenvalue weighted by Crippen LogP contribution is -2.22. The fourth-order valence-electron chi connectivity index (χ4n) is 2.33. The molecule has 0 bridgehead atoms. The van der Waals surface area contributed by atoms with E-state index in [0.29, 0.717) is 11.3 Å². The van der Waals surface area contributed by atoms with E-state index in [0.717, 1.165) is 11.1 Å². The van der Waals surface area contributed by atoms with Crippen molar-refractivity contribution in [3.63, 3.8) is 0 Å². The third-order valence-electron chi connectivity index (χ3n) is 3.72. The highest BCUT2D eigenvalue weighted by molar-refractivity contribution is 5.96. The topological polar surface area (TPSA) is 111 Å². The summed E-state index contributed by atoms with van der Waals surface area (Å²) >= 11 is 0. The number of ether oxygens (including phenoxy) is 1. The summed E-state index contributed by atoms with van der Waals surface area (Å²) in [6.45, 7) is 3.44. The van der Waals surface area contributed by atoms with E-state index in [-0.39, 0.29) is 17.9 Å². The van der Waals surface area contributed by atoms with E-state index in [1.165, 1.54) is 19.2 Å². The first kappa shape index (κ1) is 18.9. The summed E-state index contributed by atoms with van der Waals surface area (Å²) in [4.78, 5) is 34.3. The summed E-state index contributed by atoms with van der Waals surface area (Å²) in [7, 11) is 1.29. The molecule has 0 unspecified atom stereocenters. The zero-order valence-electron chi connectivity index (χ0n) is 14.7. The van der Waals surface area contributed by atoms with Crippen LogP contribution in [-0.2, 0) is 9.53 Å². The maximum Gasteiger partial charge on any atom is 0.337 e. The van der Waals surface area contributed by atoms with Crippen LogP contribution in [0.4, 0.5) is 17.1 Å². The highest BCUT2D eigenvalue weighted by atomic mass is 16.6. The normalized spacial score (nSPS) is 10.1. The van der Waals surface area contributed by atoms with E-state index in [1.54, 1.807) is 31.2 Å². The van der Waals surface area contributed by atoms with Crippen molar-refractivity contribution in [1.82, 2.24) is 0 Å². The molecule has 2 aromatic carbocycles. The molecule has 2 aromatic rings. The number of nitro groups is 1. The number of benzene rings is 2. The second-order valence-corrected chi connectivity index (χ2v) is 5.70. The Kier molecular flexibility index (Phi) is 5.90. The molecule has 0 radical (unpaired) electrons. The van der Waals surface area contributed by atoms with Crippen LogP contribution >= 0.6 is 0 Å². The molecule has 0 saturated heterocycles. The smallest absolute Gasteiger partial charge is 0.337 e. The number of nitro benzene ring substituents is 1. The molecule has 136 valence electrons. The molecule has 0 aliphatic rings. The van der Waals surface area contributed by atoms with Gasteiger partial charge in [-0.05, 0) is 43.2 Å². The standard InChI is InChI=1S/C18H19N3O5/c1-11-4-7-14(16(8-11)21(24)25)20-17(22)10-19-15-9-13(18(23)26-3)6-5-12(15)2/h4-9,19H,10H2,1-3H3,(H,20,22). The van der Waals surface area contributed by atoms with Crippen LogP contribution in [0.5, 0.6) is 0 Å². The molecule has 1 amide bonds. The Bertz CT molecular complexity index is 864. The molecule has 0 aliphatic carbocycles. The van der Waals surface area contributed by atoms with Crippen molar-refractivity contribution in [2.24, 2.45) is 0 Å². The molecule has 8 heteroatoms. The maximum absolute atomic E-state index is 12.1. The number of rotatable bonds is 6. The molecule has 2 N–H and O–H groups in total. The van der Waals surface area contributed by atoms with Gasteiger partial charge in [0.25, 0.3) is 5.69 Å². The van der Waals surface area contributed by atoms with E-state index in [1.807, 2.05) is 6.92 Å². The summed E-state index contributed by atoms with van der Waals surface area (Å²) in [6.07, 6.45) is 0. The van der Waals surface area contributed by atoms with Gasteiger partial charge in [0.05, 0.1) is 24.1 Å². The minimum Gasteiger partial charge on any atom is -0.465 e. The van der Waals surface area contributed by atoms with Gasteiger partial charge < -0.3 is 15.4 Å². The number of nitrogens with one attached hydrogen (secondary N) is 2. The first-order chi connectivity index (χ1) is 12.3. The van der Waals surface area contributed by atoms with Crippen LogP contribution in [-0.4, -0.2) is 30.5 Å². The van der Waals surface area contributed by atoms with Crippen molar-refractivity contribution in [1.29, 1.82) is 0 Å². The Hall–Kier alpha value is -3.42. The number of carbonyl (C=O) groups is 2. The largest absolute Gasteiger partial charge is 0.465 e. The predicted molar refractivity (Wildman–Crippen MR) is 97.5 cm³/mol.